The molecule has 1 fully saturated rings. The number of esters is 1. The molecule has 0 aliphatic carbocycles. The topological polar surface area (TPSA) is 76.1 Å². The predicted octanol–water partition coefficient (Wildman–Crippen LogP) is 5.99. The fourth-order valence-corrected chi connectivity index (χ4v) is 5.07. The summed E-state index contributed by atoms with van der Waals surface area (Å²) in [7, 11) is 1.13. The third-order valence-electron chi connectivity index (χ3n) is 5.23. The summed E-state index contributed by atoms with van der Waals surface area (Å²) in [6.45, 7) is 10.8. The molecule has 0 saturated carbocycles. The molecule has 3 rings (SSSR count). The number of methoxy groups -OCH3 is 1. The van der Waals surface area contributed by atoms with Crippen LogP contribution in [0.25, 0.3) is 0 Å². The summed E-state index contributed by atoms with van der Waals surface area (Å²) < 4.78 is 48.3. The van der Waals surface area contributed by atoms with E-state index in [4.69, 9.17) is 4.74 Å². The molecule has 6 nitrogen and oxygen atoms in total. The Bertz CT molecular complexity index is 806. The minimum Gasteiger partial charge on any atom is -0.468 e. The zero-order valence-corrected chi connectivity index (χ0v) is 21.5. The first-order chi connectivity index (χ1) is 15.9. The number of hydrogen-bond donors (Lipinski definition) is 1. The zero-order chi connectivity index (χ0) is 26.1. The second kappa shape index (κ2) is 13.2. The van der Waals surface area contributed by atoms with Gasteiger partial charge in [0.15, 0.2) is 0 Å². The zero-order valence-electron chi connectivity index (χ0n) is 20.7. The highest BCUT2D eigenvalue weighted by Crippen LogP contribution is 2.52. The molecule has 0 spiro atoms. The van der Waals surface area contributed by atoms with Gasteiger partial charge in [-0.25, -0.2) is 4.79 Å². The Morgan fingerprint density at radius 3 is 2.18 bits per heavy atom. The number of thioether (sulfide) groups is 1. The number of hydrogen-bond acceptors (Lipinski definition) is 6. The van der Waals surface area contributed by atoms with E-state index in [1.165, 1.54) is 31.9 Å². The molecule has 2 atom stereocenters. The lowest BCUT2D eigenvalue weighted by molar-refractivity contribution is -0.144. The van der Waals surface area contributed by atoms with Gasteiger partial charge in [0.05, 0.1) is 18.8 Å². The highest BCUT2D eigenvalue weighted by Gasteiger charge is 2.50. The number of halogens is 3. The van der Waals surface area contributed by atoms with Crippen LogP contribution in [-0.4, -0.2) is 53.6 Å². The Kier molecular flexibility index (Phi) is 11.7. The lowest BCUT2D eigenvalue weighted by Gasteiger charge is -2.23. The molecule has 1 aromatic carbocycles. The molecule has 10 heteroatoms. The fraction of sp³-hybridized carbons (Fsp3) is 0.667. The quantitative estimate of drug-likeness (QED) is 0.496. The summed E-state index contributed by atoms with van der Waals surface area (Å²) in [5.41, 5.74) is -2.43. The number of aliphatic hydroxyl groups is 1. The number of ether oxygens (including phenoxy) is 2. The van der Waals surface area contributed by atoms with E-state index in [2.05, 4.69) is 4.74 Å². The van der Waals surface area contributed by atoms with Gasteiger partial charge in [0.25, 0.3) is 0 Å². The molecule has 2 aliphatic rings. The maximum Gasteiger partial charge on any atom is 0.417 e. The van der Waals surface area contributed by atoms with E-state index in [1.54, 1.807) is 0 Å². The second-order valence-electron chi connectivity index (χ2n) is 8.18. The maximum absolute atomic E-state index is 12.9. The van der Waals surface area contributed by atoms with Crippen LogP contribution in [-0.2, 0) is 26.0 Å². The number of fused-ring (bicyclic) bond motifs is 1. The predicted molar refractivity (Wildman–Crippen MR) is 126 cm³/mol. The number of likely N-dealkylation sites (tertiary alicyclic amines) is 1. The number of amides is 1. The highest BCUT2D eigenvalue weighted by atomic mass is 32.2. The number of carbonyl (C=O) groups excluding carboxylic acids is 2. The van der Waals surface area contributed by atoms with E-state index in [0.717, 1.165) is 39.1 Å². The van der Waals surface area contributed by atoms with Crippen molar-refractivity contribution in [2.45, 2.75) is 88.3 Å². The lowest BCUT2D eigenvalue weighted by atomic mass is 9.91. The monoisotopic (exact) mass is 507 g/mol. The third-order valence-corrected chi connectivity index (χ3v) is 6.79. The smallest absolute Gasteiger partial charge is 0.417 e. The molecule has 0 bridgehead atoms. The van der Waals surface area contributed by atoms with Crippen molar-refractivity contribution < 1.29 is 37.3 Å². The number of alkyl halides is 3. The van der Waals surface area contributed by atoms with Crippen molar-refractivity contribution in [3.05, 3.63) is 29.3 Å². The number of carbonyl (C=O) groups is 2. The van der Waals surface area contributed by atoms with Crippen molar-refractivity contribution in [2.24, 2.45) is 0 Å². The number of benzene rings is 1. The first-order valence-electron chi connectivity index (χ1n) is 11.5. The molecule has 1 saturated heterocycles. The molecule has 34 heavy (non-hydrogen) atoms. The molecule has 2 aliphatic heterocycles. The van der Waals surface area contributed by atoms with Crippen LogP contribution in [0.15, 0.2) is 23.1 Å². The van der Waals surface area contributed by atoms with Gasteiger partial charge in [-0.3, -0.25) is 4.79 Å². The van der Waals surface area contributed by atoms with Crippen LogP contribution >= 0.6 is 11.8 Å². The van der Waals surface area contributed by atoms with E-state index in [-0.39, 0.29) is 22.7 Å². The molecule has 1 amide bonds. The minimum atomic E-state index is -4.53. The Hall–Kier alpha value is -1.94. The van der Waals surface area contributed by atoms with Crippen molar-refractivity contribution in [2.75, 3.05) is 20.2 Å². The minimum absolute atomic E-state index is 0.00393. The van der Waals surface area contributed by atoms with E-state index in [1.807, 2.05) is 32.6 Å². The largest absolute Gasteiger partial charge is 0.468 e. The van der Waals surface area contributed by atoms with Gasteiger partial charge in [0.1, 0.15) is 10.9 Å². The summed E-state index contributed by atoms with van der Waals surface area (Å²) >= 11 is 0.685. The van der Waals surface area contributed by atoms with E-state index in [0.29, 0.717) is 11.8 Å². The summed E-state index contributed by atoms with van der Waals surface area (Å²) in [6.07, 6.45) is 0.0455. The van der Waals surface area contributed by atoms with Crippen LogP contribution in [0.4, 0.5) is 18.0 Å². The number of nitrogens with zero attached hydrogens (tertiary/aromatic N) is 1. The molecule has 0 radical (unpaired) electrons. The van der Waals surface area contributed by atoms with E-state index in [9.17, 15) is 27.9 Å². The van der Waals surface area contributed by atoms with Crippen LogP contribution in [0.3, 0.4) is 0 Å². The normalized spacial score (nSPS) is 21.9. The standard InChI is InChI=1S/C12H11F3O3S.C10H19NO2.C2H6/c1-11(17)6-4-3-5-7(12(13,14)15)8(6)19-9(11)10(16)18-2;1-9(2)13-10(12)11-7-5-3-4-6-8-11;1-2/h3-5,9,17H,1-2H3;9H,3-8H2,1-2H3;1-2H3. The molecule has 0 aromatic heterocycles. The van der Waals surface area contributed by atoms with Gasteiger partial charge < -0.3 is 19.5 Å². The SMILES string of the molecule is CC.CC(C)OC(=O)N1CCCCCC1.COC(=O)C1Sc2c(C(F)(F)F)cccc2C1(C)O. The molecule has 2 heterocycles. The molecular weight excluding hydrogens is 471 g/mol. The Morgan fingerprint density at radius 1 is 1.15 bits per heavy atom. The van der Waals surface area contributed by atoms with Crippen LogP contribution < -0.4 is 0 Å². The molecule has 1 N–H and O–H groups in total. The van der Waals surface area contributed by atoms with E-state index >= 15 is 0 Å². The van der Waals surface area contributed by atoms with Gasteiger partial charge >= 0.3 is 18.2 Å². The number of rotatable bonds is 2. The molecule has 2 unspecified atom stereocenters. The first-order valence-corrected chi connectivity index (χ1v) is 12.4. The summed E-state index contributed by atoms with van der Waals surface area (Å²) in [5, 5.41) is 9.21. The summed E-state index contributed by atoms with van der Waals surface area (Å²) in [4.78, 5) is 24.8. The molecule has 1 aromatic rings. The van der Waals surface area contributed by atoms with Crippen molar-refractivity contribution in [1.82, 2.24) is 4.90 Å². The van der Waals surface area contributed by atoms with Crippen molar-refractivity contribution in [3.63, 3.8) is 0 Å². The highest BCUT2D eigenvalue weighted by molar-refractivity contribution is 8.01. The van der Waals surface area contributed by atoms with Crippen LogP contribution in [0, 0.1) is 0 Å². The Morgan fingerprint density at radius 2 is 1.71 bits per heavy atom. The van der Waals surface area contributed by atoms with Crippen LogP contribution in [0.5, 0.6) is 0 Å². The lowest BCUT2D eigenvalue weighted by Crippen LogP contribution is -2.37. The first kappa shape index (κ1) is 30.1. The molecular formula is C24H36F3NO5S. The fourth-order valence-electron chi connectivity index (χ4n) is 3.57. The van der Waals surface area contributed by atoms with Crippen LogP contribution in [0.1, 0.15) is 71.4 Å². The van der Waals surface area contributed by atoms with Crippen molar-refractivity contribution in [1.29, 1.82) is 0 Å². The Balaban J connectivity index is 0.000000337. The van der Waals surface area contributed by atoms with Gasteiger partial charge in [-0.2, -0.15) is 13.2 Å². The second-order valence-corrected chi connectivity index (χ2v) is 9.30. The van der Waals surface area contributed by atoms with Crippen molar-refractivity contribution in [3.8, 4) is 0 Å². The Labute approximate surface area is 204 Å². The average Bonchev–Trinajstić information content (AvgIpc) is 2.94. The summed E-state index contributed by atoms with van der Waals surface area (Å²) in [5.74, 6) is -0.751. The van der Waals surface area contributed by atoms with E-state index < -0.39 is 28.6 Å². The van der Waals surface area contributed by atoms with Gasteiger partial charge in [-0.1, -0.05) is 38.8 Å². The van der Waals surface area contributed by atoms with Gasteiger partial charge in [-0.15, -0.1) is 11.8 Å². The van der Waals surface area contributed by atoms with Gasteiger partial charge in [-0.05, 0) is 45.2 Å². The third kappa shape index (κ3) is 7.80. The average molecular weight is 508 g/mol. The maximum atomic E-state index is 12.9. The summed E-state index contributed by atoms with van der Waals surface area (Å²) in [6, 6.07) is 3.54. The van der Waals surface area contributed by atoms with Crippen molar-refractivity contribution >= 4 is 23.8 Å². The van der Waals surface area contributed by atoms with Gasteiger partial charge in [0.2, 0.25) is 0 Å². The van der Waals surface area contributed by atoms with Crippen LogP contribution in [0.2, 0.25) is 0 Å². The molecule has 194 valence electrons. The van der Waals surface area contributed by atoms with Gasteiger partial charge in [0, 0.05) is 18.0 Å².